The van der Waals surface area contributed by atoms with Crippen LogP contribution in [0.2, 0.25) is 0 Å². The minimum atomic E-state index is 0.146. The van der Waals surface area contributed by atoms with Crippen molar-refractivity contribution in [1.29, 1.82) is 0 Å². The van der Waals surface area contributed by atoms with E-state index in [2.05, 4.69) is 41.4 Å². The first-order valence-electron chi connectivity index (χ1n) is 12.4. The number of rotatable bonds is 12. The van der Waals surface area contributed by atoms with Crippen molar-refractivity contribution in [3.63, 3.8) is 0 Å². The van der Waals surface area contributed by atoms with E-state index >= 15 is 0 Å². The number of anilines is 4. The van der Waals surface area contributed by atoms with Crippen LogP contribution in [0.3, 0.4) is 0 Å². The standard InChI is InChI=1S/C27H32BrN5O4/c1-3-4-23(34)19-5-7-20(8-6-19)30-26-22(28)18-29-27(32-26)31-21-9-10-24(35-2)25(17-21)37-16-13-33-11-14-36-15-12-33/h5-10,17-18H,3-4,11-16H2,1-2H3,(H2,29,30,31,32). The Morgan fingerprint density at radius 1 is 1.08 bits per heavy atom. The Morgan fingerprint density at radius 2 is 1.84 bits per heavy atom. The van der Waals surface area contributed by atoms with Gasteiger partial charge in [-0.3, -0.25) is 9.69 Å². The number of ether oxygens (including phenoxy) is 3. The van der Waals surface area contributed by atoms with E-state index in [-0.39, 0.29) is 5.78 Å². The zero-order chi connectivity index (χ0) is 26.0. The third-order valence-corrected chi connectivity index (χ3v) is 6.46. The maximum atomic E-state index is 12.1. The summed E-state index contributed by atoms with van der Waals surface area (Å²) in [5.74, 6) is 2.47. The fourth-order valence-corrected chi connectivity index (χ4v) is 4.16. The molecule has 10 heteroatoms. The number of morpholine rings is 1. The molecule has 1 aliphatic rings. The summed E-state index contributed by atoms with van der Waals surface area (Å²) in [4.78, 5) is 23.4. The van der Waals surface area contributed by atoms with Gasteiger partial charge in [0.15, 0.2) is 17.3 Å². The molecule has 0 saturated carbocycles. The van der Waals surface area contributed by atoms with Gasteiger partial charge in [-0.15, -0.1) is 0 Å². The molecule has 0 bridgehead atoms. The van der Waals surface area contributed by atoms with Crippen LogP contribution in [0.25, 0.3) is 0 Å². The van der Waals surface area contributed by atoms with E-state index in [1.54, 1.807) is 13.3 Å². The summed E-state index contributed by atoms with van der Waals surface area (Å²) < 4.78 is 17.6. The first kappa shape index (κ1) is 26.8. The lowest BCUT2D eigenvalue weighted by molar-refractivity contribution is 0.0321. The summed E-state index contributed by atoms with van der Waals surface area (Å²) in [6.45, 7) is 6.72. The van der Waals surface area contributed by atoms with E-state index in [1.807, 2.05) is 49.4 Å². The van der Waals surface area contributed by atoms with Gasteiger partial charge in [0.05, 0.1) is 24.8 Å². The predicted octanol–water partition coefficient (Wildman–Crippen LogP) is 5.43. The molecule has 3 aromatic rings. The molecule has 0 atom stereocenters. The number of hydrogen-bond donors (Lipinski definition) is 2. The number of carbonyl (C=O) groups excluding carboxylic acids is 1. The van der Waals surface area contributed by atoms with Crippen molar-refractivity contribution in [2.75, 3.05) is 57.2 Å². The molecule has 1 fully saturated rings. The Morgan fingerprint density at radius 3 is 2.57 bits per heavy atom. The first-order valence-corrected chi connectivity index (χ1v) is 13.2. The highest BCUT2D eigenvalue weighted by atomic mass is 79.9. The molecule has 0 spiro atoms. The van der Waals surface area contributed by atoms with Gasteiger partial charge < -0.3 is 24.8 Å². The number of hydrogen-bond acceptors (Lipinski definition) is 9. The van der Waals surface area contributed by atoms with Gasteiger partial charge in [0.1, 0.15) is 12.4 Å². The van der Waals surface area contributed by atoms with Gasteiger partial charge in [-0.05, 0) is 58.7 Å². The number of aromatic nitrogens is 2. The van der Waals surface area contributed by atoms with Crippen LogP contribution in [0.15, 0.2) is 53.1 Å². The molecule has 1 aromatic heterocycles. The Balaban J connectivity index is 1.41. The van der Waals surface area contributed by atoms with Crippen molar-refractivity contribution in [1.82, 2.24) is 14.9 Å². The molecule has 0 unspecified atom stereocenters. The molecule has 1 saturated heterocycles. The topological polar surface area (TPSA) is 97.8 Å². The van der Waals surface area contributed by atoms with E-state index in [0.29, 0.717) is 46.3 Å². The van der Waals surface area contributed by atoms with Crippen LogP contribution < -0.4 is 20.1 Å². The second-order valence-corrected chi connectivity index (χ2v) is 9.41. The van der Waals surface area contributed by atoms with Gasteiger partial charge in [-0.1, -0.05) is 6.92 Å². The average Bonchev–Trinajstić information content (AvgIpc) is 2.92. The fourth-order valence-electron chi connectivity index (χ4n) is 3.87. The van der Waals surface area contributed by atoms with Crippen LogP contribution in [0.1, 0.15) is 30.1 Å². The monoisotopic (exact) mass is 569 g/mol. The lowest BCUT2D eigenvalue weighted by atomic mass is 10.1. The quantitative estimate of drug-likeness (QED) is 0.276. The SMILES string of the molecule is CCCC(=O)c1ccc(Nc2nc(Nc3ccc(OC)c(OCCN4CCOCC4)c3)ncc2Br)cc1. The third kappa shape index (κ3) is 7.64. The number of ketones is 1. The maximum absolute atomic E-state index is 12.1. The molecular weight excluding hydrogens is 538 g/mol. The van der Waals surface area contributed by atoms with Gasteiger partial charge in [0, 0.05) is 55.3 Å². The molecule has 196 valence electrons. The van der Waals surface area contributed by atoms with Gasteiger partial charge >= 0.3 is 0 Å². The highest BCUT2D eigenvalue weighted by Crippen LogP contribution is 2.32. The van der Waals surface area contributed by atoms with Crippen LogP contribution in [-0.4, -0.2) is 67.2 Å². The Kier molecular flexibility index (Phi) is 9.70. The number of nitrogens with zero attached hydrogens (tertiary/aromatic N) is 3. The Bertz CT molecular complexity index is 1190. The summed E-state index contributed by atoms with van der Waals surface area (Å²) in [6.07, 6.45) is 3.06. The van der Waals surface area contributed by atoms with Crippen molar-refractivity contribution >= 4 is 44.9 Å². The second-order valence-electron chi connectivity index (χ2n) is 8.56. The van der Waals surface area contributed by atoms with E-state index in [0.717, 1.165) is 50.6 Å². The minimum Gasteiger partial charge on any atom is -0.493 e. The fraction of sp³-hybridized carbons (Fsp3) is 0.370. The highest BCUT2D eigenvalue weighted by Gasteiger charge is 2.13. The van der Waals surface area contributed by atoms with E-state index in [1.165, 1.54) is 0 Å². The van der Waals surface area contributed by atoms with Crippen LogP contribution in [0.5, 0.6) is 11.5 Å². The van der Waals surface area contributed by atoms with Gasteiger partial charge in [0.25, 0.3) is 0 Å². The molecule has 2 N–H and O–H groups in total. The lowest BCUT2D eigenvalue weighted by Crippen LogP contribution is -2.38. The summed E-state index contributed by atoms with van der Waals surface area (Å²) in [6, 6.07) is 13.0. The number of Topliss-reactive ketones (excluding diaryl/α,β-unsaturated/α-hetero) is 1. The van der Waals surface area contributed by atoms with Gasteiger partial charge in [-0.2, -0.15) is 4.98 Å². The number of methoxy groups -OCH3 is 1. The summed E-state index contributed by atoms with van der Waals surface area (Å²) in [5.41, 5.74) is 2.30. The molecule has 0 radical (unpaired) electrons. The average molecular weight is 570 g/mol. The molecule has 2 heterocycles. The van der Waals surface area contributed by atoms with Crippen LogP contribution in [0, 0.1) is 0 Å². The van der Waals surface area contributed by atoms with Crippen LogP contribution in [-0.2, 0) is 4.74 Å². The third-order valence-electron chi connectivity index (χ3n) is 5.88. The molecule has 2 aromatic carbocycles. The van der Waals surface area contributed by atoms with Crippen molar-refractivity contribution in [2.24, 2.45) is 0 Å². The summed E-state index contributed by atoms with van der Waals surface area (Å²) >= 11 is 3.51. The van der Waals surface area contributed by atoms with E-state index in [4.69, 9.17) is 14.2 Å². The Labute approximate surface area is 225 Å². The molecule has 9 nitrogen and oxygen atoms in total. The van der Waals surface area contributed by atoms with Crippen molar-refractivity contribution in [2.45, 2.75) is 19.8 Å². The number of benzene rings is 2. The Hall–Kier alpha value is -3.21. The molecule has 4 rings (SSSR count). The largest absolute Gasteiger partial charge is 0.493 e. The zero-order valence-corrected chi connectivity index (χ0v) is 22.7. The van der Waals surface area contributed by atoms with Crippen LogP contribution >= 0.6 is 15.9 Å². The number of halogens is 1. The zero-order valence-electron chi connectivity index (χ0n) is 21.1. The first-order chi connectivity index (χ1) is 18.1. The minimum absolute atomic E-state index is 0.146. The van der Waals surface area contributed by atoms with E-state index in [9.17, 15) is 4.79 Å². The number of carbonyl (C=O) groups is 1. The van der Waals surface area contributed by atoms with Gasteiger partial charge in [-0.25, -0.2) is 4.98 Å². The normalized spacial score (nSPS) is 13.7. The molecule has 1 aliphatic heterocycles. The van der Waals surface area contributed by atoms with Crippen LogP contribution in [0.4, 0.5) is 23.1 Å². The smallest absolute Gasteiger partial charge is 0.229 e. The maximum Gasteiger partial charge on any atom is 0.229 e. The van der Waals surface area contributed by atoms with Crippen molar-refractivity contribution in [3.05, 3.63) is 58.7 Å². The summed E-state index contributed by atoms with van der Waals surface area (Å²) in [5, 5.41) is 6.51. The molecule has 37 heavy (non-hydrogen) atoms. The molecular formula is C27H32BrN5O4. The van der Waals surface area contributed by atoms with E-state index < -0.39 is 0 Å². The predicted molar refractivity (Wildman–Crippen MR) is 148 cm³/mol. The van der Waals surface area contributed by atoms with Crippen molar-refractivity contribution < 1.29 is 19.0 Å². The molecule has 0 amide bonds. The second kappa shape index (κ2) is 13.4. The van der Waals surface area contributed by atoms with Crippen molar-refractivity contribution in [3.8, 4) is 11.5 Å². The number of nitrogens with one attached hydrogen (secondary N) is 2. The summed E-state index contributed by atoms with van der Waals surface area (Å²) in [7, 11) is 1.62. The van der Waals surface area contributed by atoms with Gasteiger partial charge in [0.2, 0.25) is 5.95 Å². The lowest BCUT2D eigenvalue weighted by Gasteiger charge is -2.26. The molecule has 0 aliphatic carbocycles. The highest BCUT2D eigenvalue weighted by molar-refractivity contribution is 9.10.